The Balaban J connectivity index is 2.03. The second kappa shape index (κ2) is 2.82. The van der Waals surface area contributed by atoms with Crippen LogP contribution in [0.4, 0.5) is 0 Å². The molecule has 1 atom stereocenters. The molecular weight excluding hydrogens is 192 g/mol. The topological polar surface area (TPSA) is 41.1 Å². The molecule has 1 saturated carbocycles. The summed E-state index contributed by atoms with van der Waals surface area (Å²) in [7, 11) is 0. The highest BCUT2D eigenvalue weighted by Crippen LogP contribution is 2.51. The molecule has 1 saturated heterocycles. The molecule has 2 aliphatic rings. The van der Waals surface area contributed by atoms with Crippen molar-refractivity contribution in [2.24, 2.45) is 5.41 Å². The first-order valence-electron chi connectivity index (χ1n) is 4.06. The Morgan fingerprint density at radius 2 is 2.25 bits per heavy atom. The highest BCUT2D eigenvalue weighted by atomic mass is 32.2. The van der Waals surface area contributed by atoms with E-state index in [1.54, 1.807) is 0 Å². The van der Waals surface area contributed by atoms with Crippen LogP contribution >= 0.6 is 25.3 Å². The molecule has 2 N–H and O–H groups in total. The average Bonchev–Trinajstić information content (AvgIpc) is 2.71. The van der Waals surface area contributed by atoms with Crippen molar-refractivity contribution in [1.29, 1.82) is 0 Å². The summed E-state index contributed by atoms with van der Waals surface area (Å²) in [4.78, 5) is 11.3. The SMILES string of the molecule is O=C1NCC(NC(S)S)C12CC2. The fraction of sp³-hybridized carbons (Fsp3) is 0.857. The monoisotopic (exact) mass is 204 g/mol. The third-order valence-corrected chi connectivity index (χ3v) is 3.02. The maximum Gasteiger partial charge on any atom is 0.227 e. The fourth-order valence-electron chi connectivity index (χ4n) is 1.83. The van der Waals surface area contributed by atoms with Crippen LogP contribution in [0, 0.1) is 5.41 Å². The molecular formula is C7H12N2OS2. The molecule has 1 heterocycles. The van der Waals surface area contributed by atoms with Gasteiger partial charge >= 0.3 is 0 Å². The molecule has 1 spiro atoms. The van der Waals surface area contributed by atoms with Crippen LogP contribution < -0.4 is 10.6 Å². The zero-order valence-electron chi connectivity index (χ0n) is 6.58. The van der Waals surface area contributed by atoms with E-state index in [1.807, 2.05) is 0 Å². The van der Waals surface area contributed by atoms with Gasteiger partial charge in [0.15, 0.2) is 0 Å². The second-order valence-electron chi connectivity index (χ2n) is 3.46. The Bertz CT molecular complexity index is 215. The molecule has 0 radical (unpaired) electrons. The fourth-order valence-corrected chi connectivity index (χ4v) is 2.19. The van der Waals surface area contributed by atoms with Gasteiger partial charge in [-0.1, -0.05) is 0 Å². The summed E-state index contributed by atoms with van der Waals surface area (Å²) in [6.07, 6.45) is 2.01. The summed E-state index contributed by atoms with van der Waals surface area (Å²) in [5, 5.41) is 6.03. The summed E-state index contributed by atoms with van der Waals surface area (Å²) in [5.41, 5.74) is -0.107. The van der Waals surface area contributed by atoms with Crippen LogP contribution in [0.25, 0.3) is 0 Å². The van der Waals surface area contributed by atoms with Gasteiger partial charge in [0, 0.05) is 12.6 Å². The molecule has 0 bridgehead atoms. The lowest BCUT2D eigenvalue weighted by molar-refractivity contribution is -0.123. The van der Waals surface area contributed by atoms with E-state index in [2.05, 4.69) is 35.9 Å². The van der Waals surface area contributed by atoms with E-state index in [4.69, 9.17) is 0 Å². The third-order valence-electron chi connectivity index (χ3n) is 2.72. The molecule has 5 heteroatoms. The number of hydrogen-bond acceptors (Lipinski definition) is 4. The van der Waals surface area contributed by atoms with Crippen molar-refractivity contribution in [3.05, 3.63) is 0 Å². The average molecular weight is 204 g/mol. The van der Waals surface area contributed by atoms with Crippen molar-refractivity contribution in [2.45, 2.75) is 23.6 Å². The van der Waals surface area contributed by atoms with Gasteiger partial charge in [-0.3, -0.25) is 10.1 Å². The first kappa shape index (κ1) is 8.72. The minimum absolute atomic E-state index is 0.107. The largest absolute Gasteiger partial charge is 0.354 e. The number of carbonyl (C=O) groups excluding carboxylic acids is 1. The van der Waals surface area contributed by atoms with Gasteiger partial charge in [-0.2, -0.15) is 0 Å². The number of nitrogens with one attached hydrogen (secondary N) is 2. The van der Waals surface area contributed by atoms with Gasteiger partial charge in [0.05, 0.1) is 10.1 Å². The lowest BCUT2D eigenvalue weighted by Gasteiger charge is -2.18. The van der Waals surface area contributed by atoms with Gasteiger partial charge in [0.1, 0.15) is 0 Å². The predicted molar refractivity (Wildman–Crippen MR) is 53.4 cm³/mol. The van der Waals surface area contributed by atoms with Gasteiger partial charge in [-0.25, -0.2) is 0 Å². The van der Waals surface area contributed by atoms with E-state index in [-0.39, 0.29) is 22.1 Å². The third kappa shape index (κ3) is 1.24. The molecule has 0 aromatic carbocycles. The van der Waals surface area contributed by atoms with Gasteiger partial charge in [-0.15, -0.1) is 25.3 Å². The van der Waals surface area contributed by atoms with Crippen LogP contribution in [0.3, 0.4) is 0 Å². The van der Waals surface area contributed by atoms with Crippen LogP contribution in [-0.4, -0.2) is 23.2 Å². The Hall–Kier alpha value is 0.130. The normalized spacial score (nSPS) is 31.2. The number of carbonyl (C=O) groups is 1. The predicted octanol–water partition coefficient (Wildman–Crippen LogP) is -0.00220. The standard InChI is InChI=1S/C7H12N2OS2/c10-5-7(1-2-7)4(3-8-5)9-6(11)12/h4,6,9,11-12H,1-3H2,(H,8,10). The zero-order valence-corrected chi connectivity index (χ0v) is 8.37. The molecule has 3 nitrogen and oxygen atoms in total. The van der Waals surface area contributed by atoms with E-state index in [0.29, 0.717) is 0 Å². The van der Waals surface area contributed by atoms with Crippen LogP contribution in [-0.2, 0) is 4.79 Å². The summed E-state index contributed by atoms with van der Waals surface area (Å²) in [5.74, 6) is 0.197. The number of amides is 1. The second-order valence-corrected chi connectivity index (χ2v) is 4.90. The summed E-state index contributed by atoms with van der Waals surface area (Å²) in [6.45, 7) is 0.719. The maximum absolute atomic E-state index is 11.3. The van der Waals surface area contributed by atoms with Crippen LogP contribution in [0.1, 0.15) is 12.8 Å². The van der Waals surface area contributed by atoms with Crippen LogP contribution in [0.5, 0.6) is 0 Å². The summed E-state index contributed by atoms with van der Waals surface area (Å²) >= 11 is 8.24. The molecule has 1 unspecified atom stereocenters. The molecule has 68 valence electrons. The molecule has 0 aromatic rings. The zero-order chi connectivity index (χ0) is 8.77. The molecule has 0 aromatic heterocycles. The molecule has 1 amide bonds. The quantitative estimate of drug-likeness (QED) is 0.378. The van der Waals surface area contributed by atoms with Crippen molar-refractivity contribution in [1.82, 2.24) is 10.6 Å². The van der Waals surface area contributed by atoms with Crippen molar-refractivity contribution in [3.8, 4) is 0 Å². The molecule has 12 heavy (non-hydrogen) atoms. The number of thiol groups is 2. The summed E-state index contributed by atoms with van der Waals surface area (Å²) < 4.78 is -0.139. The van der Waals surface area contributed by atoms with Gasteiger partial charge < -0.3 is 5.32 Å². The maximum atomic E-state index is 11.3. The van der Waals surface area contributed by atoms with E-state index < -0.39 is 0 Å². The van der Waals surface area contributed by atoms with E-state index in [9.17, 15) is 4.79 Å². The summed E-state index contributed by atoms with van der Waals surface area (Å²) in [6, 6.07) is 0.227. The van der Waals surface area contributed by atoms with Gasteiger partial charge in [0.2, 0.25) is 5.91 Å². The Morgan fingerprint density at radius 1 is 1.58 bits per heavy atom. The molecule has 1 aliphatic carbocycles. The minimum Gasteiger partial charge on any atom is -0.354 e. The van der Waals surface area contributed by atoms with Crippen LogP contribution in [0.2, 0.25) is 0 Å². The van der Waals surface area contributed by atoms with Gasteiger partial charge in [0.25, 0.3) is 0 Å². The van der Waals surface area contributed by atoms with Crippen LogP contribution in [0.15, 0.2) is 0 Å². The Labute approximate surface area is 82.5 Å². The smallest absolute Gasteiger partial charge is 0.227 e. The highest BCUT2D eigenvalue weighted by Gasteiger charge is 2.59. The lowest BCUT2D eigenvalue weighted by atomic mass is 10.0. The van der Waals surface area contributed by atoms with Crippen molar-refractivity contribution >= 4 is 31.2 Å². The van der Waals surface area contributed by atoms with Crippen molar-refractivity contribution in [3.63, 3.8) is 0 Å². The van der Waals surface area contributed by atoms with Crippen molar-refractivity contribution in [2.75, 3.05) is 6.54 Å². The Kier molecular flexibility index (Phi) is 2.05. The van der Waals surface area contributed by atoms with Gasteiger partial charge in [-0.05, 0) is 12.8 Å². The first-order valence-corrected chi connectivity index (χ1v) is 5.09. The Morgan fingerprint density at radius 3 is 2.75 bits per heavy atom. The molecule has 2 rings (SSSR count). The van der Waals surface area contributed by atoms with E-state index in [0.717, 1.165) is 19.4 Å². The molecule has 1 aliphatic heterocycles. The number of rotatable bonds is 2. The van der Waals surface area contributed by atoms with E-state index in [1.165, 1.54) is 0 Å². The molecule has 2 fully saturated rings. The van der Waals surface area contributed by atoms with Crippen molar-refractivity contribution < 1.29 is 4.79 Å². The highest BCUT2D eigenvalue weighted by molar-refractivity contribution is 7.99. The van der Waals surface area contributed by atoms with E-state index >= 15 is 0 Å². The number of hydrogen-bond donors (Lipinski definition) is 4. The minimum atomic E-state index is -0.139. The first-order chi connectivity index (χ1) is 5.65. The lowest BCUT2D eigenvalue weighted by Crippen LogP contribution is -2.40.